The number of epoxide rings is 1. The number of methoxy groups -OCH3 is 1. The van der Waals surface area contributed by atoms with Crippen molar-refractivity contribution in [2.24, 2.45) is 0 Å². The SMILES string of the molecule is COC(=O)CC1(C)CO1. The smallest absolute Gasteiger partial charge is 0.308 e. The van der Waals surface area contributed by atoms with Crippen molar-refractivity contribution in [3.63, 3.8) is 0 Å². The van der Waals surface area contributed by atoms with Gasteiger partial charge >= 0.3 is 5.97 Å². The summed E-state index contributed by atoms with van der Waals surface area (Å²) < 4.78 is 9.41. The molecular formula is C6H10O3. The number of hydrogen-bond acceptors (Lipinski definition) is 3. The lowest BCUT2D eigenvalue weighted by molar-refractivity contribution is -0.141. The summed E-state index contributed by atoms with van der Waals surface area (Å²) in [6, 6.07) is 0. The second-order valence-electron chi connectivity index (χ2n) is 2.49. The van der Waals surface area contributed by atoms with Gasteiger partial charge in [0.15, 0.2) is 0 Å². The van der Waals surface area contributed by atoms with Crippen molar-refractivity contribution in [2.45, 2.75) is 18.9 Å². The van der Waals surface area contributed by atoms with E-state index in [2.05, 4.69) is 4.74 Å². The Morgan fingerprint density at radius 2 is 2.44 bits per heavy atom. The van der Waals surface area contributed by atoms with Crippen molar-refractivity contribution in [3.8, 4) is 0 Å². The summed E-state index contributed by atoms with van der Waals surface area (Å²) in [5.74, 6) is -0.199. The van der Waals surface area contributed by atoms with Gasteiger partial charge in [-0.15, -0.1) is 0 Å². The first-order chi connectivity index (χ1) is 4.16. The summed E-state index contributed by atoms with van der Waals surface area (Å²) in [4.78, 5) is 10.6. The maximum Gasteiger partial charge on any atom is 0.308 e. The molecule has 0 aliphatic carbocycles. The Morgan fingerprint density at radius 3 is 2.78 bits per heavy atom. The number of carbonyl (C=O) groups is 1. The molecule has 1 aliphatic heterocycles. The van der Waals surface area contributed by atoms with Crippen molar-refractivity contribution >= 4 is 5.97 Å². The fourth-order valence-electron chi connectivity index (χ4n) is 0.603. The Bertz CT molecular complexity index is 126. The predicted molar refractivity (Wildman–Crippen MR) is 31.0 cm³/mol. The summed E-state index contributed by atoms with van der Waals surface area (Å²) in [7, 11) is 1.38. The molecule has 1 atom stereocenters. The second kappa shape index (κ2) is 1.99. The van der Waals surface area contributed by atoms with Gasteiger partial charge in [-0.05, 0) is 6.92 Å². The maximum absolute atomic E-state index is 10.6. The van der Waals surface area contributed by atoms with Gasteiger partial charge in [-0.1, -0.05) is 0 Å². The Kier molecular flexibility index (Phi) is 1.45. The van der Waals surface area contributed by atoms with Crippen LogP contribution >= 0.6 is 0 Å². The Labute approximate surface area is 53.9 Å². The third kappa shape index (κ3) is 1.68. The van der Waals surface area contributed by atoms with Crippen molar-refractivity contribution in [3.05, 3.63) is 0 Å². The molecule has 9 heavy (non-hydrogen) atoms. The van der Waals surface area contributed by atoms with Gasteiger partial charge in [-0.3, -0.25) is 4.79 Å². The first kappa shape index (κ1) is 6.55. The Hall–Kier alpha value is -0.570. The molecule has 1 unspecified atom stereocenters. The molecule has 1 fully saturated rings. The molecule has 0 aromatic rings. The molecule has 0 aromatic carbocycles. The molecule has 3 nitrogen and oxygen atoms in total. The minimum atomic E-state index is -0.201. The lowest BCUT2D eigenvalue weighted by atomic mass is 10.1. The Balaban J connectivity index is 2.25. The molecule has 0 spiro atoms. The zero-order chi connectivity index (χ0) is 6.91. The van der Waals surface area contributed by atoms with Gasteiger partial charge in [0, 0.05) is 0 Å². The van der Waals surface area contributed by atoms with Crippen LogP contribution in [-0.2, 0) is 14.3 Å². The van der Waals surface area contributed by atoms with Crippen LogP contribution in [-0.4, -0.2) is 25.3 Å². The van der Waals surface area contributed by atoms with Gasteiger partial charge in [0.2, 0.25) is 0 Å². The molecule has 0 aromatic heterocycles. The third-order valence-electron chi connectivity index (χ3n) is 1.38. The van der Waals surface area contributed by atoms with Gasteiger partial charge in [-0.25, -0.2) is 0 Å². The van der Waals surface area contributed by atoms with Crippen LogP contribution in [0.15, 0.2) is 0 Å². The van der Waals surface area contributed by atoms with E-state index in [1.54, 1.807) is 0 Å². The van der Waals surface area contributed by atoms with Crippen LogP contribution < -0.4 is 0 Å². The normalized spacial score (nSPS) is 31.8. The summed E-state index contributed by atoms with van der Waals surface area (Å²) in [6.45, 7) is 2.58. The van der Waals surface area contributed by atoms with E-state index in [1.165, 1.54) is 7.11 Å². The molecule has 3 heteroatoms. The van der Waals surface area contributed by atoms with Crippen LogP contribution in [0.2, 0.25) is 0 Å². The van der Waals surface area contributed by atoms with Crippen LogP contribution in [0.5, 0.6) is 0 Å². The average Bonchev–Trinajstić information content (AvgIpc) is 2.48. The second-order valence-corrected chi connectivity index (χ2v) is 2.49. The van der Waals surface area contributed by atoms with Crippen molar-refractivity contribution in [2.75, 3.05) is 13.7 Å². The summed E-state index contributed by atoms with van der Waals surface area (Å²) >= 11 is 0. The predicted octanol–water partition coefficient (Wildman–Crippen LogP) is 0.338. The average molecular weight is 130 g/mol. The molecule has 0 radical (unpaired) electrons. The fraction of sp³-hybridized carbons (Fsp3) is 0.833. The van der Waals surface area contributed by atoms with Gasteiger partial charge in [0.25, 0.3) is 0 Å². The van der Waals surface area contributed by atoms with Gasteiger partial charge < -0.3 is 9.47 Å². The highest BCUT2D eigenvalue weighted by molar-refractivity contribution is 5.70. The van der Waals surface area contributed by atoms with E-state index < -0.39 is 0 Å². The standard InChI is InChI=1S/C6H10O3/c1-6(4-9-6)3-5(7)8-2/h3-4H2,1-2H3. The minimum Gasteiger partial charge on any atom is -0.469 e. The van der Waals surface area contributed by atoms with Crippen LogP contribution in [0.4, 0.5) is 0 Å². The molecule has 52 valence electrons. The van der Waals surface area contributed by atoms with E-state index in [4.69, 9.17) is 4.74 Å². The van der Waals surface area contributed by atoms with E-state index in [0.717, 1.165) is 0 Å². The fourth-order valence-corrected chi connectivity index (χ4v) is 0.603. The number of rotatable bonds is 2. The van der Waals surface area contributed by atoms with Crippen molar-refractivity contribution in [1.82, 2.24) is 0 Å². The molecule has 0 bridgehead atoms. The quantitative estimate of drug-likeness (QED) is 0.399. The molecule has 0 N–H and O–H groups in total. The monoisotopic (exact) mass is 130 g/mol. The van der Waals surface area contributed by atoms with Crippen molar-refractivity contribution in [1.29, 1.82) is 0 Å². The summed E-state index contributed by atoms with van der Waals surface area (Å²) in [5.41, 5.74) is -0.201. The molecule has 0 saturated carbocycles. The number of hydrogen-bond donors (Lipinski definition) is 0. The lowest BCUT2D eigenvalue weighted by Crippen LogP contribution is -2.13. The van der Waals surface area contributed by atoms with Crippen molar-refractivity contribution < 1.29 is 14.3 Å². The van der Waals surface area contributed by atoms with Crippen LogP contribution in [0.25, 0.3) is 0 Å². The van der Waals surface area contributed by atoms with Gasteiger partial charge in [0.1, 0.15) is 0 Å². The summed E-state index contributed by atoms with van der Waals surface area (Å²) in [5, 5.41) is 0. The van der Waals surface area contributed by atoms with E-state index >= 15 is 0 Å². The Morgan fingerprint density at radius 1 is 1.89 bits per heavy atom. The molecular weight excluding hydrogens is 120 g/mol. The van der Waals surface area contributed by atoms with E-state index in [-0.39, 0.29) is 11.6 Å². The molecule has 0 amide bonds. The number of carbonyl (C=O) groups excluding carboxylic acids is 1. The minimum absolute atomic E-state index is 0.199. The number of esters is 1. The van der Waals surface area contributed by atoms with Gasteiger partial charge in [0.05, 0.1) is 25.7 Å². The largest absolute Gasteiger partial charge is 0.469 e. The lowest BCUT2D eigenvalue weighted by Gasteiger charge is -2.00. The maximum atomic E-state index is 10.6. The van der Waals surface area contributed by atoms with E-state index in [1.807, 2.05) is 6.92 Å². The third-order valence-corrected chi connectivity index (χ3v) is 1.38. The van der Waals surface area contributed by atoms with Crippen LogP contribution in [0.3, 0.4) is 0 Å². The first-order valence-corrected chi connectivity index (χ1v) is 2.87. The topological polar surface area (TPSA) is 38.8 Å². The zero-order valence-corrected chi connectivity index (χ0v) is 5.64. The van der Waals surface area contributed by atoms with Crippen LogP contribution in [0, 0.1) is 0 Å². The number of ether oxygens (including phenoxy) is 2. The highest BCUT2D eigenvalue weighted by atomic mass is 16.6. The van der Waals surface area contributed by atoms with E-state index in [0.29, 0.717) is 13.0 Å². The highest BCUT2D eigenvalue weighted by Gasteiger charge is 2.41. The van der Waals surface area contributed by atoms with E-state index in [9.17, 15) is 4.79 Å². The molecule has 1 saturated heterocycles. The molecule has 1 aliphatic rings. The molecule has 1 heterocycles. The summed E-state index contributed by atoms with van der Waals surface area (Å²) in [6.07, 6.45) is 0.378. The zero-order valence-electron chi connectivity index (χ0n) is 5.64. The highest BCUT2D eigenvalue weighted by Crippen LogP contribution is 2.29. The van der Waals surface area contributed by atoms with Crippen LogP contribution in [0.1, 0.15) is 13.3 Å². The van der Waals surface area contributed by atoms with Gasteiger partial charge in [-0.2, -0.15) is 0 Å². The molecule has 1 rings (SSSR count). The first-order valence-electron chi connectivity index (χ1n) is 2.87.